The summed E-state index contributed by atoms with van der Waals surface area (Å²) >= 11 is 7.24. The van der Waals surface area contributed by atoms with Gasteiger partial charge in [0.25, 0.3) is 5.04 Å². The number of carbonyl (C=O) groups is 1. The monoisotopic (exact) mass is 479 g/mol. The van der Waals surface area contributed by atoms with Crippen molar-refractivity contribution in [3.05, 3.63) is 76.8 Å². The number of alkyl halides is 3. The van der Waals surface area contributed by atoms with Gasteiger partial charge in [-0.25, -0.2) is 4.79 Å². The molecule has 166 valence electrons. The summed E-state index contributed by atoms with van der Waals surface area (Å²) in [6, 6.07) is 10.5. The van der Waals surface area contributed by atoms with Gasteiger partial charge in [-0.3, -0.25) is 0 Å². The van der Waals surface area contributed by atoms with E-state index in [0.29, 0.717) is 28.2 Å². The maximum atomic E-state index is 13.7. The summed E-state index contributed by atoms with van der Waals surface area (Å²) < 4.78 is 50.6. The van der Waals surface area contributed by atoms with E-state index in [1.807, 2.05) is 0 Å². The zero-order valence-electron chi connectivity index (χ0n) is 16.9. The molecule has 1 aliphatic carbocycles. The van der Waals surface area contributed by atoms with Crippen LogP contribution in [-0.2, 0) is 6.18 Å². The molecule has 0 bridgehead atoms. The molecule has 0 radical (unpaired) electrons. The number of hydrogen-bond acceptors (Lipinski definition) is 3. The average Bonchev–Trinajstić information content (AvgIpc) is 3.54. The Labute approximate surface area is 192 Å². The van der Waals surface area contributed by atoms with E-state index in [4.69, 9.17) is 16.3 Å². The summed E-state index contributed by atoms with van der Waals surface area (Å²) in [4.78, 5) is 14.6. The minimum absolute atomic E-state index is 0.0474. The zero-order valence-corrected chi connectivity index (χ0v) is 18.4. The Morgan fingerprint density at radius 1 is 1.28 bits per heavy atom. The SMILES string of the molecule is C=CCOc1ccc(C2=[N+]=C(N(CC3CC3)C(=O)c3ccccc3Cl)S2)c(C(F)(F)F)c1. The molecule has 1 amide bonds. The molecule has 9 heteroatoms. The highest BCUT2D eigenvalue weighted by molar-refractivity contribution is 8.28. The van der Waals surface area contributed by atoms with E-state index in [1.54, 1.807) is 24.3 Å². The molecule has 4 nitrogen and oxygen atoms in total. The van der Waals surface area contributed by atoms with Crippen molar-refractivity contribution in [3.8, 4) is 5.75 Å². The number of nitrogens with zero attached hydrogens (tertiary/aromatic N) is 2. The number of hydrogen-bond donors (Lipinski definition) is 0. The standard InChI is InChI=1S/C23H19ClF3N2O2S/c1-2-11-31-15-9-10-16(18(12-15)23(25,26)27)20-28-22(32-20)29(13-14-7-8-14)21(30)17-5-3-4-6-19(17)24/h2-6,9-10,12,14H,1,7-8,11,13H2/q+1. The highest BCUT2D eigenvalue weighted by Crippen LogP contribution is 2.38. The summed E-state index contributed by atoms with van der Waals surface area (Å²) in [6.07, 6.45) is -1.11. The Bertz CT molecular complexity index is 1140. The van der Waals surface area contributed by atoms with Gasteiger partial charge >= 0.3 is 17.3 Å². The van der Waals surface area contributed by atoms with Crippen molar-refractivity contribution in [2.45, 2.75) is 19.0 Å². The van der Waals surface area contributed by atoms with Gasteiger partial charge in [-0.05, 0) is 49.1 Å². The lowest BCUT2D eigenvalue weighted by Gasteiger charge is -2.18. The largest absolute Gasteiger partial charge is 0.490 e. The second-order valence-corrected chi connectivity index (χ2v) is 8.81. The van der Waals surface area contributed by atoms with Crippen molar-refractivity contribution >= 4 is 39.5 Å². The van der Waals surface area contributed by atoms with Crippen LogP contribution in [-0.4, -0.2) is 34.2 Å². The van der Waals surface area contributed by atoms with Crippen molar-refractivity contribution in [1.82, 2.24) is 9.57 Å². The third-order valence-electron chi connectivity index (χ3n) is 5.00. The molecule has 1 saturated carbocycles. The molecule has 0 atom stereocenters. The molecule has 2 aromatic rings. The molecular formula is C23H19ClF3N2O2S+. The van der Waals surface area contributed by atoms with Gasteiger partial charge < -0.3 is 4.74 Å². The first-order valence-corrected chi connectivity index (χ1v) is 11.1. The minimum Gasteiger partial charge on any atom is -0.490 e. The Morgan fingerprint density at radius 2 is 2.00 bits per heavy atom. The maximum Gasteiger partial charge on any atom is 0.424 e. The second kappa shape index (κ2) is 9.06. The predicted molar refractivity (Wildman–Crippen MR) is 121 cm³/mol. The van der Waals surface area contributed by atoms with E-state index in [2.05, 4.69) is 11.2 Å². The topological polar surface area (TPSA) is 43.6 Å². The Kier molecular flexibility index (Phi) is 6.38. The lowest BCUT2D eigenvalue weighted by Crippen LogP contribution is -2.42. The summed E-state index contributed by atoms with van der Waals surface area (Å²) in [7, 11) is 0. The van der Waals surface area contributed by atoms with E-state index in [-0.39, 0.29) is 28.9 Å². The summed E-state index contributed by atoms with van der Waals surface area (Å²) in [5.41, 5.74) is -0.546. The number of carbonyl (C=O) groups excluding carboxylic acids is 1. The van der Waals surface area contributed by atoms with Crippen LogP contribution in [0.5, 0.6) is 5.75 Å². The summed E-state index contributed by atoms with van der Waals surface area (Å²) in [6.45, 7) is 4.06. The van der Waals surface area contributed by atoms with Crippen LogP contribution in [0.3, 0.4) is 0 Å². The van der Waals surface area contributed by atoms with Crippen molar-refractivity contribution in [2.24, 2.45) is 5.92 Å². The first-order valence-electron chi connectivity index (χ1n) is 9.93. The molecule has 0 saturated heterocycles. The number of benzene rings is 2. The summed E-state index contributed by atoms with van der Waals surface area (Å²) in [5, 5.41) is 0.897. The fourth-order valence-electron chi connectivity index (χ4n) is 3.19. The van der Waals surface area contributed by atoms with Gasteiger partial charge in [0.05, 0.1) is 40.0 Å². The van der Waals surface area contributed by atoms with Crippen LogP contribution in [0, 0.1) is 5.92 Å². The van der Waals surface area contributed by atoms with Gasteiger partial charge in [-0.15, -0.1) is 0 Å². The molecule has 1 aliphatic heterocycles. The molecule has 2 aliphatic rings. The van der Waals surface area contributed by atoms with Gasteiger partial charge in [0.15, 0.2) is 0 Å². The number of amides is 1. The molecule has 4 rings (SSSR count). The lowest BCUT2D eigenvalue weighted by molar-refractivity contribution is -0.137. The smallest absolute Gasteiger partial charge is 0.424 e. The average molecular weight is 480 g/mol. The minimum atomic E-state index is -4.58. The van der Waals surface area contributed by atoms with Crippen LogP contribution in [0.4, 0.5) is 13.2 Å². The van der Waals surface area contributed by atoms with Gasteiger partial charge in [0.1, 0.15) is 12.4 Å². The Morgan fingerprint density at radius 3 is 2.62 bits per heavy atom. The van der Waals surface area contributed by atoms with Crippen LogP contribution in [0.1, 0.15) is 34.3 Å². The van der Waals surface area contributed by atoms with Crippen molar-refractivity contribution in [3.63, 3.8) is 0 Å². The molecular weight excluding hydrogens is 461 g/mol. The quantitative estimate of drug-likeness (QED) is 0.395. The van der Waals surface area contributed by atoms with Crippen molar-refractivity contribution in [2.75, 3.05) is 13.2 Å². The van der Waals surface area contributed by atoms with Gasteiger partial charge in [-0.2, -0.15) is 22.7 Å². The molecule has 32 heavy (non-hydrogen) atoms. The maximum absolute atomic E-state index is 13.7. The molecule has 0 spiro atoms. The third kappa shape index (κ3) is 4.88. The number of ether oxygens (including phenoxy) is 1. The van der Waals surface area contributed by atoms with Crippen LogP contribution in [0.25, 0.3) is 0 Å². The van der Waals surface area contributed by atoms with Crippen LogP contribution >= 0.6 is 23.4 Å². The van der Waals surface area contributed by atoms with E-state index in [1.165, 1.54) is 23.1 Å². The number of halogens is 4. The highest BCUT2D eigenvalue weighted by atomic mass is 35.5. The molecule has 0 aromatic heterocycles. The number of thioether (sulfide) groups is 1. The molecule has 1 heterocycles. The van der Waals surface area contributed by atoms with E-state index >= 15 is 0 Å². The third-order valence-corrected chi connectivity index (χ3v) is 6.33. The normalized spacial score (nSPS) is 15.4. The van der Waals surface area contributed by atoms with E-state index < -0.39 is 11.7 Å². The first kappa shape index (κ1) is 22.5. The fourth-order valence-corrected chi connectivity index (χ4v) is 4.27. The fraction of sp³-hybridized carbons (Fsp3) is 0.261. The van der Waals surface area contributed by atoms with Crippen molar-refractivity contribution in [1.29, 1.82) is 0 Å². The van der Waals surface area contributed by atoms with Crippen LogP contribution in [0.15, 0.2) is 55.1 Å². The Hall–Kier alpha value is -2.67. The van der Waals surface area contributed by atoms with Gasteiger partial charge in [0, 0.05) is 0 Å². The molecule has 0 unspecified atom stereocenters. The second-order valence-electron chi connectivity index (χ2n) is 7.45. The van der Waals surface area contributed by atoms with Gasteiger partial charge in [-0.1, -0.05) is 36.4 Å². The predicted octanol–water partition coefficient (Wildman–Crippen LogP) is 5.39. The number of rotatable bonds is 7. The molecule has 0 N–H and O–H groups in total. The molecule has 1 fully saturated rings. The van der Waals surface area contributed by atoms with E-state index in [0.717, 1.165) is 30.7 Å². The van der Waals surface area contributed by atoms with Crippen LogP contribution in [0.2, 0.25) is 5.02 Å². The lowest BCUT2D eigenvalue weighted by atomic mass is 10.1. The number of amidine groups is 1. The first-order chi connectivity index (χ1) is 15.3. The molecule has 2 aromatic carbocycles. The highest BCUT2D eigenvalue weighted by Gasteiger charge is 2.45. The Balaban J connectivity index is 1.69. The van der Waals surface area contributed by atoms with Crippen molar-refractivity contribution < 1.29 is 22.7 Å². The summed E-state index contributed by atoms with van der Waals surface area (Å²) in [5.74, 6) is 0.150. The van der Waals surface area contributed by atoms with Gasteiger partial charge in [0.2, 0.25) is 0 Å². The van der Waals surface area contributed by atoms with Crippen LogP contribution < -0.4 is 9.40 Å². The van der Waals surface area contributed by atoms with E-state index in [9.17, 15) is 18.0 Å². The zero-order chi connectivity index (χ0) is 22.9.